The number of nitrogens with zero attached hydrogens (tertiary/aromatic N) is 5. The molecule has 2 amide bonds. The number of amides is 2. The molecule has 0 bridgehead atoms. The second kappa shape index (κ2) is 7.44. The van der Waals surface area contributed by atoms with E-state index in [0.29, 0.717) is 23.9 Å². The van der Waals surface area contributed by atoms with Crippen LogP contribution in [0.3, 0.4) is 0 Å². The molecular formula is C20H17N7OS. The highest BCUT2D eigenvalue weighted by Crippen LogP contribution is 2.33. The van der Waals surface area contributed by atoms with Gasteiger partial charge in [-0.1, -0.05) is 36.4 Å². The fourth-order valence-electron chi connectivity index (χ4n) is 3.51. The Kier molecular flexibility index (Phi) is 4.49. The zero-order valence-corrected chi connectivity index (χ0v) is 16.1. The molecule has 0 saturated carbocycles. The van der Waals surface area contributed by atoms with E-state index in [4.69, 9.17) is 0 Å². The van der Waals surface area contributed by atoms with E-state index in [0.717, 1.165) is 22.5 Å². The van der Waals surface area contributed by atoms with Gasteiger partial charge in [-0.25, -0.2) is 9.78 Å². The normalized spacial score (nSPS) is 15.7. The van der Waals surface area contributed by atoms with Crippen LogP contribution in [-0.4, -0.2) is 41.8 Å². The molecule has 4 aromatic rings. The van der Waals surface area contributed by atoms with Crippen molar-refractivity contribution >= 4 is 22.7 Å². The molecule has 8 nitrogen and oxygen atoms in total. The lowest BCUT2D eigenvalue weighted by Gasteiger charge is -2.34. The van der Waals surface area contributed by atoms with Gasteiger partial charge in [0.2, 0.25) is 5.13 Å². The van der Waals surface area contributed by atoms with Gasteiger partial charge in [0.05, 0.1) is 12.0 Å². The molecule has 3 aromatic heterocycles. The third-order valence-electron chi connectivity index (χ3n) is 4.86. The summed E-state index contributed by atoms with van der Waals surface area (Å²) in [5.41, 5.74) is 3.72. The van der Waals surface area contributed by atoms with Crippen molar-refractivity contribution in [3.05, 3.63) is 78.1 Å². The van der Waals surface area contributed by atoms with Crippen molar-refractivity contribution in [2.75, 3.05) is 11.9 Å². The maximum atomic E-state index is 13.1. The number of nitrogens with one attached hydrogen (secondary N) is 2. The standard InChI is InChI=1S/C20H17N7OS/c28-20(25-19-24-18(26-29-19)13-5-2-1-3-6-13)27-10-8-15-16(23-12-22-15)17(27)14-7-4-9-21-11-14/h1-7,9,11-12,17H,8,10H2,(H,22,23)(H,24,25,26,28). The van der Waals surface area contributed by atoms with E-state index >= 15 is 0 Å². The van der Waals surface area contributed by atoms with Gasteiger partial charge in [0.15, 0.2) is 5.82 Å². The minimum absolute atomic E-state index is 0.233. The third-order valence-corrected chi connectivity index (χ3v) is 5.49. The molecule has 0 aliphatic carbocycles. The van der Waals surface area contributed by atoms with Gasteiger partial charge in [-0.3, -0.25) is 10.3 Å². The van der Waals surface area contributed by atoms with Crippen LogP contribution in [0.4, 0.5) is 9.93 Å². The first-order valence-corrected chi connectivity index (χ1v) is 9.96. The van der Waals surface area contributed by atoms with E-state index in [1.807, 2.05) is 42.5 Å². The second-order valence-electron chi connectivity index (χ2n) is 6.62. The van der Waals surface area contributed by atoms with E-state index in [-0.39, 0.29) is 12.1 Å². The van der Waals surface area contributed by atoms with Crippen molar-refractivity contribution < 1.29 is 4.79 Å². The molecule has 0 fully saturated rings. The van der Waals surface area contributed by atoms with Crippen molar-refractivity contribution in [1.82, 2.24) is 29.2 Å². The largest absolute Gasteiger partial charge is 0.348 e. The monoisotopic (exact) mass is 403 g/mol. The summed E-state index contributed by atoms with van der Waals surface area (Å²) in [5, 5.41) is 3.36. The smallest absolute Gasteiger partial charge is 0.324 e. The number of imidazole rings is 1. The van der Waals surface area contributed by atoms with Gasteiger partial charge >= 0.3 is 6.03 Å². The molecule has 1 aliphatic heterocycles. The van der Waals surface area contributed by atoms with Gasteiger partial charge in [0, 0.05) is 48.1 Å². The van der Waals surface area contributed by atoms with Crippen LogP contribution >= 0.6 is 11.5 Å². The van der Waals surface area contributed by atoms with Crippen molar-refractivity contribution in [3.8, 4) is 11.4 Å². The Morgan fingerprint density at radius 1 is 1.21 bits per heavy atom. The minimum Gasteiger partial charge on any atom is -0.348 e. The maximum absolute atomic E-state index is 13.1. The summed E-state index contributed by atoms with van der Waals surface area (Å²) < 4.78 is 4.36. The van der Waals surface area contributed by atoms with E-state index in [9.17, 15) is 4.79 Å². The first-order valence-electron chi connectivity index (χ1n) is 9.18. The SMILES string of the molecule is O=C(Nc1nc(-c2ccccc2)ns1)N1CCc2[nH]cnc2C1c1cccnc1. The van der Waals surface area contributed by atoms with Crippen LogP contribution in [-0.2, 0) is 6.42 Å². The van der Waals surface area contributed by atoms with Crippen LogP contribution in [0.1, 0.15) is 23.0 Å². The third kappa shape index (κ3) is 3.36. The number of carbonyl (C=O) groups excluding carboxylic acids is 1. The number of aromatic amines is 1. The van der Waals surface area contributed by atoms with Crippen LogP contribution in [0.25, 0.3) is 11.4 Å². The number of carbonyl (C=O) groups is 1. The lowest BCUT2D eigenvalue weighted by molar-refractivity contribution is 0.192. The maximum Gasteiger partial charge on any atom is 0.324 e. The van der Waals surface area contributed by atoms with Crippen molar-refractivity contribution in [2.24, 2.45) is 0 Å². The van der Waals surface area contributed by atoms with Crippen molar-refractivity contribution in [2.45, 2.75) is 12.5 Å². The Balaban J connectivity index is 1.41. The van der Waals surface area contributed by atoms with Crippen LogP contribution in [0.15, 0.2) is 61.2 Å². The summed E-state index contributed by atoms with van der Waals surface area (Å²) in [7, 11) is 0. The number of urea groups is 1. The lowest BCUT2D eigenvalue weighted by atomic mass is 9.97. The summed E-state index contributed by atoms with van der Waals surface area (Å²) in [6.45, 7) is 0.560. The van der Waals surface area contributed by atoms with Gasteiger partial charge < -0.3 is 9.88 Å². The number of anilines is 1. The molecule has 1 unspecified atom stereocenters. The van der Waals surface area contributed by atoms with Gasteiger partial charge in [0.1, 0.15) is 6.04 Å². The van der Waals surface area contributed by atoms with E-state index < -0.39 is 0 Å². The number of rotatable bonds is 3. The van der Waals surface area contributed by atoms with Gasteiger partial charge in [-0.2, -0.15) is 9.36 Å². The summed E-state index contributed by atoms with van der Waals surface area (Å²) in [6.07, 6.45) is 5.87. The molecule has 1 aliphatic rings. The van der Waals surface area contributed by atoms with E-state index in [1.54, 1.807) is 23.6 Å². The molecule has 5 rings (SSSR count). The molecule has 144 valence electrons. The predicted octanol–water partition coefficient (Wildman–Crippen LogP) is 3.50. The molecule has 0 radical (unpaired) electrons. The van der Waals surface area contributed by atoms with Crippen LogP contribution in [0, 0.1) is 0 Å². The molecule has 0 spiro atoms. The van der Waals surface area contributed by atoms with Crippen molar-refractivity contribution in [3.63, 3.8) is 0 Å². The first kappa shape index (κ1) is 17.5. The molecular weight excluding hydrogens is 386 g/mol. The quantitative estimate of drug-likeness (QED) is 0.545. The Morgan fingerprint density at radius 2 is 2.10 bits per heavy atom. The van der Waals surface area contributed by atoms with Crippen LogP contribution in [0.2, 0.25) is 0 Å². The molecule has 0 saturated heterocycles. The van der Waals surface area contributed by atoms with Gasteiger partial charge in [-0.15, -0.1) is 0 Å². The lowest BCUT2D eigenvalue weighted by Crippen LogP contribution is -2.43. The van der Waals surface area contributed by atoms with Crippen LogP contribution in [0.5, 0.6) is 0 Å². The Morgan fingerprint density at radius 3 is 2.93 bits per heavy atom. The topological polar surface area (TPSA) is 99.7 Å². The molecule has 4 heterocycles. The fourth-order valence-corrected chi connectivity index (χ4v) is 4.09. The fraction of sp³-hybridized carbons (Fsp3) is 0.150. The van der Waals surface area contributed by atoms with Gasteiger partial charge in [0.25, 0.3) is 0 Å². The molecule has 2 N–H and O–H groups in total. The van der Waals surface area contributed by atoms with Crippen LogP contribution < -0.4 is 5.32 Å². The highest BCUT2D eigenvalue weighted by atomic mass is 32.1. The number of hydrogen-bond donors (Lipinski definition) is 2. The average Bonchev–Trinajstić information content (AvgIpc) is 3.43. The Bertz CT molecular complexity index is 1130. The molecule has 9 heteroatoms. The number of aromatic nitrogens is 5. The number of hydrogen-bond acceptors (Lipinski definition) is 6. The summed E-state index contributed by atoms with van der Waals surface area (Å²) >= 11 is 1.17. The first-order chi connectivity index (χ1) is 14.3. The van der Waals surface area contributed by atoms with E-state index in [2.05, 4.69) is 29.6 Å². The zero-order chi connectivity index (χ0) is 19.6. The number of benzene rings is 1. The molecule has 29 heavy (non-hydrogen) atoms. The predicted molar refractivity (Wildman–Crippen MR) is 109 cm³/mol. The second-order valence-corrected chi connectivity index (χ2v) is 7.37. The number of H-pyrrole nitrogens is 1. The summed E-state index contributed by atoms with van der Waals surface area (Å²) in [6, 6.07) is 13.0. The highest BCUT2D eigenvalue weighted by molar-refractivity contribution is 7.10. The minimum atomic E-state index is -0.305. The zero-order valence-electron chi connectivity index (χ0n) is 15.3. The average molecular weight is 403 g/mol. The van der Waals surface area contributed by atoms with Gasteiger partial charge in [-0.05, 0) is 11.6 Å². The Labute approximate surface area is 170 Å². The van der Waals surface area contributed by atoms with E-state index in [1.165, 1.54) is 11.5 Å². The summed E-state index contributed by atoms with van der Waals surface area (Å²) in [5.74, 6) is 0.600. The van der Waals surface area contributed by atoms with Crippen molar-refractivity contribution in [1.29, 1.82) is 0 Å². The Hall–Kier alpha value is -3.59. The molecule has 1 aromatic carbocycles. The highest BCUT2D eigenvalue weighted by Gasteiger charge is 2.34. The number of fused-ring (bicyclic) bond motifs is 1. The molecule has 1 atom stereocenters. The summed E-state index contributed by atoms with van der Waals surface area (Å²) in [4.78, 5) is 31.2. The number of pyridine rings is 1.